The van der Waals surface area contributed by atoms with E-state index < -0.39 is 0 Å². The third-order valence-corrected chi connectivity index (χ3v) is 5.89. The number of primary amides is 1. The lowest BCUT2D eigenvalue weighted by atomic mass is 9.96. The molecule has 0 aliphatic carbocycles. The lowest BCUT2D eigenvalue weighted by molar-refractivity contribution is -0.122. The van der Waals surface area contributed by atoms with E-state index >= 15 is 0 Å². The molecule has 0 radical (unpaired) electrons. The maximum Gasteiger partial charge on any atom is 0.262 e. The van der Waals surface area contributed by atoms with Crippen LogP contribution in [0, 0.1) is 5.92 Å². The van der Waals surface area contributed by atoms with E-state index in [1.807, 2.05) is 54.6 Å². The van der Waals surface area contributed by atoms with Gasteiger partial charge in [-0.1, -0.05) is 31.2 Å². The lowest BCUT2D eigenvalue weighted by Gasteiger charge is -2.31. The number of nitrogens with one attached hydrogen (secondary N) is 1. The first-order valence-corrected chi connectivity index (χ1v) is 11.0. The first-order valence-electron chi connectivity index (χ1n) is 11.0. The lowest BCUT2D eigenvalue weighted by Crippen LogP contribution is -2.38. The van der Waals surface area contributed by atoms with Gasteiger partial charge in [-0.25, -0.2) is 4.98 Å². The van der Waals surface area contributed by atoms with Crippen LogP contribution in [0.25, 0.3) is 10.9 Å². The molecule has 0 spiro atoms. The van der Waals surface area contributed by atoms with Crippen molar-refractivity contribution in [3.05, 3.63) is 60.2 Å². The van der Waals surface area contributed by atoms with Gasteiger partial charge in [0.05, 0.1) is 0 Å². The van der Waals surface area contributed by atoms with Crippen LogP contribution < -0.4 is 20.7 Å². The fourth-order valence-corrected chi connectivity index (χ4v) is 3.96. The van der Waals surface area contributed by atoms with Gasteiger partial charge in [-0.3, -0.25) is 9.59 Å². The van der Waals surface area contributed by atoms with Crippen molar-refractivity contribution in [2.45, 2.75) is 26.2 Å². The van der Waals surface area contributed by atoms with E-state index in [2.05, 4.69) is 17.1 Å². The number of ether oxygens (including phenoxy) is 1. The summed E-state index contributed by atoms with van der Waals surface area (Å²) in [5, 5.41) is 3.80. The van der Waals surface area contributed by atoms with Gasteiger partial charge < -0.3 is 20.7 Å². The van der Waals surface area contributed by atoms with E-state index in [9.17, 15) is 9.59 Å². The number of pyridine rings is 1. The Morgan fingerprint density at radius 2 is 1.84 bits per heavy atom. The largest absolute Gasteiger partial charge is 0.481 e. The Kier molecular flexibility index (Phi) is 6.54. The number of fused-ring (bicyclic) bond motifs is 1. The number of carbonyl (C=O) groups is 2. The second-order valence-corrected chi connectivity index (χ2v) is 8.05. The molecule has 3 aromatic rings. The van der Waals surface area contributed by atoms with Gasteiger partial charge in [0.15, 0.2) is 6.61 Å². The third-order valence-electron chi connectivity index (χ3n) is 5.89. The predicted molar refractivity (Wildman–Crippen MR) is 126 cm³/mol. The first-order chi connectivity index (χ1) is 15.5. The van der Waals surface area contributed by atoms with Gasteiger partial charge in [0, 0.05) is 30.1 Å². The van der Waals surface area contributed by atoms with Crippen molar-refractivity contribution in [3.8, 4) is 5.75 Å². The Labute approximate surface area is 187 Å². The monoisotopic (exact) mass is 432 g/mol. The Balaban J connectivity index is 1.43. The number of nitrogens with zero attached hydrogens (tertiary/aromatic N) is 2. The molecule has 166 valence electrons. The third kappa shape index (κ3) is 4.99. The number of hydrogen-bond donors (Lipinski definition) is 2. The van der Waals surface area contributed by atoms with Crippen LogP contribution in [-0.4, -0.2) is 36.5 Å². The van der Waals surface area contributed by atoms with Crippen molar-refractivity contribution in [3.63, 3.8) is 0 Å². The average Bonchev–Trinajstić information content (AvgIpc) is 2.83. The SMILES string of the molecule is CCc1ccc(NC(=O)COc2cccc3ccc(N4CCC(C(N)=O)CC4)nc23)cc1. The number of hydrogen-bond acceptors (Lipinski definition) is 5. The number of aryl methyl sites for hydroxylation is 1. The highest BCUT2D eigenvalue weighted by Crippen LogP contribution is 2.28. The highest BCUT2D eigenvalue weighted by Gasteiger charge is 2.24. The number of carbonyl (C=O) groups excluding carboxylic acids is 2. The summed E-state index contributed by atoms with van der Waals surface area (Å²) >= 11 is 0. The minimum Gasteiger partial charge on any atom is -0.481 e. The normalized spacial score (nSPS) is 14.3. The summed E-state index contributed by atoms with van der Waals surface area (Å²) < 4.78 is 5.83. The molecule has 0 bridgehead atoms. The molecule has 7 heteroatoms. The zero-order valence-corrected chi connectivity index (χ0v) is 18.2. The minimum absolute atomic E-state index is 0.0673. The molecule has 0 unspecified atom stereocenters. The molecule has 32 heavy (non-hydrogen) atoms. The van der Waals surface area contributed by atoms with Gasteiger partial charge in [-0.2, -0.15) is 0 Å². The summed E-state index contributed by atoms with van der Waals surface area (Å²) in [4.78, 5) is 30.8. The molecule has 1 saturated heterocycles. The topological polar surface area (TPSA) is 97.5 Å². The number of amides is 2. The summed E-state index contributed by atoms with van der Waals surface area (Å²) in [5.74, 6) is 0.870. The van der Waals surface area contributed by atoms with Crippen LogP contribution in [0.2, 0.25) is 0 Å². The Hall–Kier alpha value is -3.61. The number of piperidine rings is 1. The Morgan fingerprint density at radius 3 is 2.53 bits per heavy atom. The van der Waals surface area contributed by atoms with Gasteiger partial charge in [0.25, 0.3) is 5.91 Å². The van der Waals surface area contributed by atoms with E-state index in [-0.39, 0.29) is 24.3 Å². The second kappa shape index (κ2) is 9.68. The summed E-state index contributed by atoms with van der Waals surface area (Å²) in [6, 6.07) is 17.4. The van der Waals surface area contributed by atoms with E-state index in [0.29, 0.717) is 11.3 Å². The number of rotatable bonds is 7. The standard InChI is InChI=1S/C25H28N4O3/c1-2-17-6-9-20(10-7-17)27-23(30)16-32-21-5-3-4-18-8-11-22(28-24(18)21)29-14-12-19(13-15-29)25(26)31/h3-11,19H,2,12-16H2,1H3,(H2,26,31)(H,27,30). The van der Waals surface area contributed by atoms with Crippen LogP contribution in [0.4, 0.5) is 11.5 Å². The fourth-order valence-electron chi connectivity index (χ4n) is 3.96. The van der Waals surface area contributed by atoms with Crippen molar-refractivity contribution in [2.24, 2.45) is 11.7 Å². The van der Waals surface area contributed by atoms with Crippen LogP contribution in [0.5, 0.6) is 5.75 Å². The number of benzene rings is 2. The van der Waals surface area contributed by atoms with Gasteiger partial charge >= 0.3 is 0 Å². The van der Waals surface area contributed by atoms with E-state index in [4.69, 9.17) is 15.5 Å². The molecule has 1 aromatic heterocycles. The zero-order valence-electron chi connectivity index (χ0n) is 18.2. The molecule has 4 rings (SSSR count). The molecular formula is C25H28N4O3. The van der Waals surface area contributed by atoms with Crippen molar-refractivity contribution in [1.82, 2.24) is 4.98 Å². The molecule has 1 aliphatic heterocycles. The maximum atomic E-state index is 12.4. The van der Waals surface area contributed by atoms with Gasteiger partial charge in [-0.15, -0.1) is 0 Å². The molecule has 2 aromatic carbocycles. The van der Waals surface area contributed by atoms with Crippen LogP contribution in [0.1, 0.15) is 25.3 Å². The molecule has 7 nitrogen and oxygen atoms in total. The summed E-state index contributed by atoms with van der Waals surface area (Å²) in [6.45, 7) is 3.45. The number of aromatic nitrogens is 1. The van der Waals surface area contributed by atoms with E-state index in [1.165, 1.54) is 5.56 Å². The van der Waals surface area contributed by atoms with Crippen LogP contribution in [-0.2, 0) is 16.0 Å². The Bertz CT molecular complexity index is 1110. The minimum atomic E-state index is -0.230. The second-order valence-electron chi connectivity index (χ2n) is 8.05. The smallest absolute Gasteiger partial charge is 0.262 e. The fraction of sp³-hybridized carbons (Fsp3) is 0.320. The molecule has 1 aliphatic rings. The summed E-state index contributed by atoms with van der Waals surface area (Å²) in [6.07, 6.45) is 2.41. The maximum absolute atomic E-state index is 12.4. The van der Waals surface area contributed by atoms with Crippen LogP contribution in [0.3, 0.4) is 0 Å². The number of anilines is 2. The van der Waals surface area contributed by atoms with Gasteiger partial charge in [0.2, 0.25) is 5.91 Å². The van der Waals surface area contributed by atoms with Crippen molar-refractivity contribution >= 4 is 34.2 Å². The van der Waals surface area contributed by atoms with Gasteiger partial charge in [-0.05, 0) is 55.2 Å². The van der Waals surface area contributed by atoms with Crippen molar-refractivity contribution < 1.29 is 14.3 Å². The molecule has 1 fully saturated rings. The van der Waals surface area contributed by atoms with Gasteiger partial charge in [0.1, 0.15) is 17.1 Å². The summed E-state index contributed by atoms with van der Waals surface area (Å²) in [5.41, 5.74) is 8.12. The molecule has 3 N–H and O–H groups in total. The van der Waals surface area contributed by atoms with Crippen molar-refractivity contribution in [2.75, 3.05) is 29.9 Å². The average molecular weight is 433 g/mol. The predicted octanol–water partition coefficient (Wildman–Crippen LogP) is 3.52. The van der Waals surface area contributed by atoms with Crippen molar-refractivity contribution in [1.29, 1.82) is 0 Å². The highest BCUT2D eigenvalue weighted by atomic mass is 16.5. The van der Waals surface area contributed by atoms with E-state index in [1.54, 1.807) is 0 Å². The molecule has 0 saturated carbocycles. The summed E-state index contributed by atoms with van der Waals surface area (Å²) in [7, 11) is 0. The Morgan fingerprint density at radius 1 is 1.09 bits per heavy atom. The molecule has 2 heterocycles. The highest BCUT2D eigenvalue weighted by molar-refractivity contribution is 5.92. The zero-order chi connectivity index (χ0) is 22.5. The molecule has 0 atom stereocenters. The quantitative estimate of drug-likeness (QED) is 0.595. The van der Waals surface area contributed by atoms with Crippen LogP contribution >= 0.6 is 0 Å². The molecule has 2 amide bonds. The van der Waals surface area contributed by atoms with Crippen LogP contribution in [0.15, 0.2) is 54.6 Å². The van der Waals surface area contributed by atoms with E-state index in [0.717, 1.165) is 49.2 Å². The number of para-hydroxylation sites is 1. The first kappa shape index (κ1) is 21.6. The number of nitrogens with two attached hydrogens (primary N) is 1. The molecular weight excluding hydrogens is 404 g/mol.